The highest BCUT2D eigenvalue weighted by atomic mass is 16.5. The Balaban J connectivity index is 2.85. The largest absolute Gasteiger partial charge is 0.494 e. The summed E-state index contributed by atoms with van der Waals surface area (Å²) in [6, 6.07) is 7.50. The second-order valence-electron chi connectivity index (χ2n) is 3.16. The zero-order chi connectivity index (χ0) is 11.5. The zero-order valence-electron chi connectivity index (χ0n) is 8.69. The van der Waals surface area contributed by atoms with Crippen LogP contribution in [-0.2, 0) is 0 Å². The summed E-state index contributed by atoms with van der Waals surface area (Å²) in [5.74, 6) is 6.07. The lowest BCUT2D eigenvalue weighted by atomic mass is 10.1. The Labute approximate surface area is 92.4 Å². The van der Waals surface area contributed by atoms with Gasteiger partial charge in [-0.25, -0.2) is 0 Å². The number of nitrogens with zero attached hydrogens (tertiary/aromatic N) is 2. The molecule has 5 heteroatoms. The molecule has 0 aliphatic carbocycles. The van der Waals surface area contributed by atoms with Crippen LogP contribution in [0.5, 0.6) is 5.75 Å². The third-order valence-corrected chi connectivity index (χ3v) is 2.35. The Morgan fingerprint density at radius 3 is 2.94 bits per heavy atom. The molecule has 16 heavy (non-hydrogen) atoms. The molecular weight excluding hydrogens is 204 g/mol. The first kappa shape index (κ1) is 10.2. The van der Waals surface area contributed by atoms with Crippen LogP contribution in [0.1, 0.15) is 5.56 Å². The Morgan fingerprint density at radius 1 is 1.50 bits per heavy atom. The molecule has 1 heterocycles. The molecule has 0 atom stereocenters. The topological polar surface area (TPSA) is 84.0 Å². The number of rotatable bonds is 2. The summed E-state index contributed by atoms with van der Waals surface area (Å²) >= 11 is 0. The summed E-state index contributed by atoms with van der Waals surface area (Å²) in [4.78, 5) is 4.19. The predicted octanol–water partition coefficient (Wildman–Crippen LogP) is 1.40. The number of nitriles is 1. The number of anilines is 1. The minimum absolute atomic E-state index is 0.406. The van der Waals surface area contributed by atoms with E-state index >= 15 is 0 Å². The summed E-state index contributed by atoms with van der Waals surface area (Å²) in [5, 5.41) is 9.68. The Bertz CT molecular complexity index is 574. The molecule has 0 radical (unpaired) electrons. The molecule has 0 bridgehead atoms. The summed E-state index contributed by atoms with van der Waals surface area (Å²) in [6.07, 6.45) is 1.47. The second-order valence-corrected chi connectivity index (χ2v) is 3.16. The molecule has 0 saturated carbocycles. The van der Waals surface area contributed by atoms with E-state index in [4.69, 9.17) is 15.8 Å². The number of nitrogens with two attached hydrogens (primary N) is 1. The van der Waals surface area contributed by atoms with Gasteiger partial charge in [-0.3, -0.25) is 10.8 Å². The number of hydrogen-bond acceptors (Lipinski definition) is 5. The van der Waals surface area contributed by atoms with Crippen molar-refractivity contribution < 1.29 is 4.74 Å². The van der Waals surface area contributed by atoms with Gasteiger partial charge in [0.1, 0.15) is 17.3 Å². The molecule has 0 aliphatic rings. The van der Waals surface area contributed by atoms with Crippen molar-refractivity contribution in [2.45, 2.75) is 0 Å². The van der Waals surface area contributed by atoms with Gasteiger partial charge in [-0.05, 0) is 6.07 Å². The highest BCUT2D eigenvalue weighted by Gasteiger charge is 2.10. The number of methoxy groups -OCH3 is 1. The molecule has 3 N–H and O–H groups in total. The first-order valence-corrected chi connectivity index (χ1v) is 4.64. The number of fused-ring (bicyclic) bond motifs is 1. The molecule has 0 spiro atoms. The molecule has 80 valence electrons. The van der Waals surface area contributed by atoms with E-state index in [0.29, 0.717) is 22.5 Å². The quantitative estimate of drug-likeness (QED) is 0.583. The minimum atomic E-state index is 0.406. The fourth-order valence-corrected chi connectivity index (χ4v) is 1.60. The van der Waals surface area contributed by atoms with Gasteiger partial charge >= 0.3 is 0 Å². The summed E-state index contributed by atoms with van der Waals surface area (Å²) in [6.45, 7) is 0. The van der Waals surface area contributed by atoms with Crippen LogP contribution in [0.2, 0.25) is 0 Å². The average molecular weight is 214 g/mol. The van der Waals surface area contributed by atoms with Gasteiger partial charge in [0.25, 0.3) is 0 Å². The van der Waals surface area contributed by atoms with Crippen molar-refractivity contribution in [3.05, 3.63) is 30.0 Å². The molecule has 0 saturated heterocycles. The van der Waals surface area contributed by atoms with Gasteiger partial charge in [-0.1, -0.05) is 12.1 Å². The predicted molar refractivity (Wildman–Crippen MR) is 60.8 cm³/mol. The van der Waals surface area contributed by atoms with Gasteiger partial charge in [0.2, 0.25) is 0 Å². The van der Waals surface area contributed by atoms with Crippen molar-refractivity contribution in [1.82, 2.24) is 4.98 Å². The fraction of sp³-hybridized carbons (Fsp3) is 0.0909. The van der Waals surface area contributed by atoms with E-state index in [2.05, 4.69) is 10.4 Å². The molecule has 5 nitrogen and oxygen atoms in total. The smallest absolute Gasteiger partial charge is 0.145 e. The van der Waals surface area contributed by atoms with Crippen LogP contribution in [0.15, 0.2) is 24.4 Å². The number of nitrogen functional groups attached to an aromatic ring is 1. The average Bonchev–Trinajstić information content (AvgIpc) is 2.36. The molecule has 2 rings (SSSR count). The first-order valence-electron chi connectivity index (χ1n) is 4.64. The highest BCUT2D eigenvalue weighted by molar-refractivity contribution is 5.96. The van der Waals surface area contributed by atoms with Crippen LogP contribution in [-0.4, -0.2) is 12.1 Å². The van der Waals surface area contributed by atoms with Gasteiger partial charge in [0, 0.05) is 11.6 Å². The molecule has 0 fully saturated rings. The Hall–Kier alpha value is -2.32. The standard InChI is InChI=1S/C11H10N4O/c1-16-9-4-2-3-8-10(15-13)7(5-12)6-14-11(8)9/h2-4,6H,13H2,1H3,(H,14,15). The number of hydrazine groups is 1. The molecule has 0 unspecified atom stereocenters. The van der Waals surface area contributed by atoms with E-state index in [1.165, 1.54) is 6.20 Å². The van der Waals surface area contributed by atoms with E-state index in [1.807, 2.05) is 24.3 Å². The van der Waals surface area contributed by atoms with E-state index in [1.54, 1.807) is 7.11 Å². The van der Waals surface area contributed by atoms with Crippen molar-refractivity contribution in [2.24, 2.45) is 5.84 Å². The lowest BCUT2D eigenvalue weighted by Crippen LogP contribution is -2.09. The van der Waals surface area contributed by atoms with Crippen molar-refractivity contribution in [1.29, 1.82) is 5.26 Å². The van der Waals surface area contributed by atoms with Crippen molar-refractivity contribution in [3.63, 3.8) is 0 Å². The van der Waals surface area contributed by atoms with E-state index in [9.17, 15) is 0 Å². The van der Waals surface area contributed by atoms with Gasteiger partial charge in [0.15, 0.2) is 0 Å². The summed E-state index contributed by atoms with van der Waals surface area (Å²) in [7, 11) is 1.57. The lowest BCUT2D eigenvalue weighted by Gasteiger charge is -2.09. The van der Waals surface area contributed by atoms with Gasteiger partial charge in [-0.15, -0.1) is 0 Å². The SMILES string of the molecule is COc1cccc2c(NN)c(C#N)cnc12. The molecule has 0 aliphatic heterocycles. The monoisotopic (exact) mass is 214 g/mol. The number of hydrogen-bond donors (Lipinski definition) is 2. The number of benzene rings is 1. The second kappa shape index (κ2) is 4.04. The van der Waals surface area contributed by atoms with Crippen LogP contribution in [0, 0.1) is 11.3 Å². The third-order valence-electron chi connectivity index (χ3n) is 2.35. The van der Waals surface area contributed by atoms with E-state index in [0.717, 1.165) is 5.39 Å². The molecule has 2 aromatic rings. The molecule has 1 aromatic carbocycles. The van der Waals surface area contributed by atoms with E-state index in [-0.39, 0.29) is 0 Å². The number of ether oxygens (including phenoxy) is 1. The van der Waals surface area contributed by atoms with Crippen molar-refractivity contribution in [2.75, 3.05) is 12.5 Å². The first-order chi connectivity index (χ1) is 7.81. The number of aromatic nitrogens is 1. The Kier molecular flexibility index (Phi) is 2.58. The lowest BCUT2D eigenvalue weighted by molar-refractivity contribution is 0.419. The van der Waals surface area contributed by atoms with Crippen LogP contribution in [0.25, 0.3) is 10.9 Å². The summed E-state index contributed by atoms with van der Waals surface area (Å²) in [5.41, 5.74) is 4.17. The third kappa shape index (κ3) is 1.42. The normalized spacial score (nSPS) is 9.81. The van der Waals surface area contributed by atoms with Crippen LogP contribution < -0.4 is 16.0 Å². The minimum Gasteiger partial charge on any atom is -0.494 e. The van der Waals surface area contributed by atoms with Crippen molar-refractivity contribution in [3.8, 4) is 11.8 Å². The molecular formula is C11H10N4O. The van der Waals surface area contributed by atoms with Crippen LogP contribution in [0.3, 0.4) is 0 Å². The molecule has 1 aromatic heterocycles. The maximum atomic E-state index is 8.92. The fourth-order valence-electron chi connectivity index (χ4n) is 1.60. The number of nitrogens with one attached hydrogen (secondary N) is 1. The number of pyridine rings is 1. The highest BCUT2D eigenvalue weighted by Crippen LogP contribution is 2.30. The van der Waals surface area contributed by atoms with Crippen LogP contribution >= 0.6 is 0 Å². The van der Waals surface area contributed by atoms with Gasteiger partial charge < -0.3 is 10.2 Å². The van der Waals surface area contributed by atoms with E-state index < -0.39 is 0 Å². The molecule has 0 amide bonds. The summed E-state index contributed by atoms with van der Waals surface area (Å²) < 4.78 is 5.19. The maximum Gasteiger partial charge on any atom is 0.145 e. The Morgan fingerprint density at radius 2 is 2.31 bits per heavy atom. The zero-order valence-corrected chi connectivity index (χ0v) is 8.69. The van der Waals surface area contributed by atoms with Gasteiger partial charge in [-0.2, -0.15) is 5.26 Å². The van der Waals surface area contributed by atoms with Gasteiger partial charge in [0.05, 0.1) is 18.4 Å². The van der Waals surface area contributed by atoms with Crippen molar-refractivity contribution >= 4 is 16.6 Å². The van der Waals surface area contributed by atoms with Crippen LogP contribution in [0.4, 0.5) is 5.69 Å². The number of para-hydroxylation sites is 1. The maximum absolute atomic E-state index is 8.92.